The molecule has 2 nitrogen and oxygen atoms in total. The molecule has 1 aliphatic carbocycles. The monoisotopic (exact) mass is 600 g/mol. The number of benzene rings is 7. The van der Waals surface area contributed by atoms with E-state index in [1.165, 1.54) is 88.4 Å². The molecule has 10 rings (SSSR count). The van der Waals surface area contributed by atoms with Gasteiger partial charge in [0.2, 0.25) is 0 Å². The summed E-state index contributed by atoms with van der Waals surface area (Å²) in [6.07, 6.45) is 0. The second kappa shape index (κ2) is 9.57. The fourth-order valence-corrected chi connectivity index (χ4v) is 8.29. The lowest BCUT2D eigenvalue weighted by atomic mass is 9.82. The maximum absolute atomic E-state index is 2.45. The Balaban J connectivity index is 1.14. The van der Waals surface area contributed by atoms with E-state index in [1.807, 2.05) is 0 Å². The largest absolute Gasteiger partial charge is 0.309 e. The van der Waals surface area contributed by atoms with Crippen molar-refractivity contribution in [2.45, 2.75) is 19.3 Å². The average Bonchev–Trinajstić information content (AvgIpc) is 3.71. The van der Waals surface area contributed by atoms with Gasteiger partial charge in [-0.1, -0.05) is 117 Å². The molecule has 7 aromatic carbocycles. The molecule has 2 heteroatoms. The van der Waals surface area contributed by atoms with Crippen molar-refractivity contribution in [1.29, 1.82) is 0 Å². The third-order valence-electron chi connectivity index (χ3n) is 10.5. The van der Waals surface area contributed by atoms with Crippen LogP contribution in [-0.4, -0.2) is 9.13 Å². The highest BCUT2D eigenvalue weighted by molar-refractivity contribution is 6.11. The molecule has 0 atom stereocenters. The number of hydrogen-bond donors (Lipinski definition) is 0. The minimum atomic E-state index is -0.0464. The maximum atomic E-state index is 2.45. The van der Waals surface area contributed by atoms with Crippen molar-refractivity contribution < 1.29 is 0 Å². The topological polar surface area (TPSA) is 9.86 Å². The molecule has 0 aliphatic heterocycles. The Bertz CT molecular complexity index is 2660. The quantitative estimate of drug-likeness (QED) is 0.191. The lowest BCUT2D eigenvalue weighted by Crippen LogP contribution is -2.15. The predicted molar refractivity (Wildman–Crippen MR) is 198 cm³/mol. The highest BCUT2D eigenvalue weighted by Crippen LogP contribution is 2.49. The second-order valence-corrected chi connectivity index (χ2v) is 13.4. The van der Waals surface area contributed by atoms with Crippen molar-refractivity contribution in [2.75, 3.05) is 0 Å². The summed E-state index contributed by atoms with van der Waals surface area (Å²) < 4.78 is 4.84. The normalized spacial score (nSPS) is 13.5. The molecule has 0 N–H and O–H groups in total. The van der Waals surface area contributed by atoms with Gasteiger partial charge >= 0.3 is 0 Å². The summed E-state index contributed by atoms with van der Waals surface area (Å²) in [7, 11) is 0. The van der Waals surface area contributed by atoms with E-state index < -0.39 is 0 Å². The van der Waals surface area contributed by atoms with Crippen LogP contribution in [0, 0.1) is 0 Å². The van der Waals surface area contributed by atoms with Crippen LogP contribution in [0.3, 0.4) is 0 Å². The van der Waals surface area contributed by atoms with Crippen LogP contribution in [0.1, 0.15) is 25.0 Å². The minimum Gasteiger partial charge on any atom is -0.309 e. The van der Waals surface area contributed by atoms with E-state index >= 15 is 0 Å². The Morgan fingerprint density at radius 2 is 0.894 bits per heavy atom. The van der Waals surface area contributed by atoms with E-state index in [-0.39, 0.29) is 5.41 Å². The zero-order valence-corrected chi connectivity index (χ0v) is 26.4. The molecule has 1 aliphatic rings. The average molecular weight is 601 g/mol. The predicted octanol–water partition coefficient (Wildman–Crippen LogP) is 11.9. The first-order chi connectivity index (χ1) is 23.1. The van der Waals surface area contributed by atoms with Crippen LogP contribution in [0.4, 0.5) is 0 Å². The Kier molecular flexibility index (Phi) is 5.37. The number of rotatable bonds is 3. The van der Waals surface area contributed by atoms with Crippen molar-refractivity contribution >= 4 is 43.6 Å². The highest BCUT2D eigenvalue weighted by Gasteiger charge is 2.35. The van der Waals surface area contributed by atoms with Gasteiger partial charge in [0.1, 0.15) is 0 Å². The fraction of sp³-hybridized carbons (Fsp3) is 0.0667. The molecule has 0 saturated heterocycles. The standard InChI is InChI=1S/C45H32N2/c1-45(2)39-18-7-3-14-33(39)34-24-23-32(28-40(34)45)47-43-21-10-6-17-37(43)38-27-30(22-25-44(38)47)29-12-11-13-31(26-29)46-41-19-8-4-15-35(41)36-16-5-9-20-42(36)46/h3-28H,1-2H3. The van der Waals surface area contributed by atoms with Gasteiger partial charge in [-0.3, -0.25) is 0 Å². The molecule has 0 unspecified atom stereocenters. The number of nitrogens with zero attached hydrogens (tertiary/aromatic N) is 2. The molecular weight excluding hydrogens is 569 g/mol. The third-order valence-corrected chi connectivity index (χ3v) is 10.5. The van der Waals surface area contributed by atoms with Crippen LogP contribution in [0.5, 0.6) is 0 Å². The van der Waals surface area contributed by atoms with Gasteiger partial charge in [0, 0.05) is 38.3 Å². The smallest absolute Gasteiger partial charge is 0.0541 e. The summed E-state index contributed by atoms with van der Waals surface area (Å²) in [5, 5.41) is 5.09. The lowest BCUT2D eigenvalue weighted by molar-refractivity contribution is 0.660. The molecule has 0 saturated carbocycles. The molecule has 222 valence electrons. The number of aromatic nitrogens is 2. The van der Waals surface area contributed by atoms with Crippen LogP contribution in [0.2, 0.25) is 0 Å². The lowest BCUT2D eigenvalue weighted by Gasteiger charge is -2.22. The summed E-state index contributed by atoms with van der Waals surface area (Å²) in [6, 6.07) is 58.1. The van der Waals surface area contributed by atoms with Gasteiger partial charge in [-0.15, -0.1) is 0 Å². The summed E-state index contributed by atoms with van der Waals surface area (Å²) in [4.78, 5) is 0. The molecule has 0 bridgehead atoms. The summed E-state index contributed by atoms with van der Waals surface area (Å²) in [5.74, 6) is 0. The Morgan fingerprint density at radius 3 is 1.60 bits per heavy atom. The van der Waals surface area contributed by atoms with E-state index in [9.17, 15) is 0 Å². The van der Waals surface area contributed by atoms with E-state index in [0.29, 0.717) is 0 Å². The zero-order valence-electron chi connectivity index (χ0n) is 26.4. The van der Waals surface area contributed by atoms with E-state index in [1.54, 1.807) is 0 Å². The maximum Gasteiger partial charge on any atom is 0.0541 e. The van der Waals surface area contributed by atoms with E-state index in [2.05, 4.69) is 181 Å². The van der Waals surface area contributed by atoms with Crippen molar-refractivity contribution in [3.63, 3.8) is 0 Å². The van der Waals surface area contributed by atoms with Crippen molar-refractivity contribution in [3.8, 4) is 33.6 Å². The molecule has 0 spiro atoms. The SMILES string of the molecule is CC1(C)c2ccccc2-c2ccc(-n3c4ccccc4c4cc(-c5cccc(-n6c7ccccc7c7ccccc76)c5)ccc43)cc21. The van der Waals surface area contributed by atoms with Crippen molar-refractivity contribution in [1.82, 2.24) is 9.13 Å². The minimum absolute atomic E-state index is 0.0464. The summed E-state index contributed by atoms with van der Waals surface area (Å²) >= 11 is 0. The van der Waals surface area contributed by atoms with Crippen LogP contribution in [0.15, 0.2) is 158 Å². The first kappa shape index (κ1) is 26.4. The molecule has 0 amide bonds. The van der Waals surface area contributed by atoms with Gasteiger partial charge in [0.25, 0.3) is 0 Å². The molecule has 2 heterocycles. The first-order valence-corrected chi connectivity index (χ1v) is 16.4. The van der Waals surface area contributed by atoms with Gasteiger partial charge < -0.3 is 9.13 Å². The fourth-order valence-electron chi connectivity index (χ4n) is 8.29. The summed E-state index contributed by atoms with van der Waals surface area (Å²) in [5.41, 5.74) is 15.2. The van der Waals surface area contributed by atoms with Crippen LogP contribution in [0.25, 0.3) is 77.2 Å². The Labute approximate surface area is 273 Å². The van der Waals surface area contributed by atoms with Crippen LogP contribution < -0.4 is 0 Å². The van der Waals surface area contributed by atoms with Gasteiger partial charge in [-0.05, 0) is 88.0 Å². The molecule has 0 fully saturated rings. The second-order valence-electron chi connectivity index (χ2n) is 13.4. The first-order valence-electron chi connectivity index (χ1n) is 16.4. The Morgan fingerprint density at radius 1 is 0.362 bits per heavy atom. The van der Waals surface area contributed by atoms with Gasteiger partial charge in [-0.25, -0.2) is 0 Å². The van der Waals surface area contributed by atoms with Gasteiger partial charge in [-0.2, -0.15) is 0 Å². The number of fused-ring (bicyclic) bond motifs is 9. The van der Waals surface area contributed by atoms with E-state index in [0.717, 1.165) is 0 Å². The molecule has 2 aromatic heterocycles. The van der Waals surface area contributed by atoms with Crippen molar-refractivity contribution in [2.24, 2.45) is 0 Å². The van der Waals surface area contributed by atoms with Gasteiger partial charge in [0.15, 0.2) is 0 Å². The summed E-state index contributed by atoms with van der Waals surface area (Å²) in [6.45, 7) is 4.71. The highest BCUT2D eigenvalue weighted by atomic mass is 15.0. The molecular formula is C45H32N2. The van der Waals surface area contributed by atoms with Crippen LogP contribution in [-0.2, 0) is 5.41 Å². The number of para-hydroxylation sites is 3. The van der Waals surface area contributed by atoms with Crippen LogP contribution >= 0.6 is 0 Å². The zero-order chi connectivity index (χ0) is 31.3. The number of hydrogen-bond acceptors (Lipinski definition) is 0. The third kappa shape index (κ3) is 3.67. The molecule has 9 aromatic rings. The Hall–Kier alpha value is -5.86. The molecule has 0 radical (unpaired) electrons. The van der Waals surface area contributed by atoms with Crippen molar-refractivity contribution in [3.05, 3.63) is 169 Å². The molecule has 47 heavy (non-hydrogen) atoms. The van der Waals surface area contributed by atoms with Gasteiger partial charge in [0.05, 0.1) is 22.1 Å². The van der Waals surface area contributed by atoms with E-state index in [4.69, 9.17) is 0 Å².